The Morgan fingerprint density at radius 1 is 0.704 bits per heavy atom. The van der Waals surface area contributed by atoms with Crippen LogP contribution in [-0.2, 0) is 32.8 Å². The Bertz CT molecular complexity index is 416. The van der Waals surface area contributed by atoms with E-state index in [0.717, 1.165) is 16.7 Å². The van der Waals surface area contributed by atoms with Gasteiger partial charge in [-0.3, -0.25) is 14.2 Å². The molecule has 27 heavy (non-hydrogen) atoms. The van der Waals surface area contributed by atoms with Crippen molar-refractivity contribution in [2.45, 2.75) is 66.6 Å². The Morgan fingerprint density at radius 2 is 0.963 bits per heavy atom. The van der Waals surface area contributed by atoms with E-state index in [9.17, 15) is 0 Å². The molecule has 0 aromatic heterocycles. The summed E-state index contributed by atoms with van der Waals surface area (Å²) in [5, 5.41) is 0. The standard InChI is InChI=1S/C19H36O7Si/c1-13(2)10-20-16(7)23-19(26-27,24-17(8)21-11-14(3)4)25-18(9)22-12-15(5)6/h16-18H,1,3,5,10-12H2,2,4,6-9,27H3. The van der Waals surface area contributed by atoms with Crippen LogP contribution in [0.3, 0.4) is 0 Å². The predicted molar refractivity (Wildman–Crippen MR) is 108 cm³/mol. The molecule has 0 fully saturated rings. The predicted octanol–water partition coefficient (Wildman–Crippen LogP) is 2.76. The second kappa shape index (κ2) is 13.4. The lowest BCUT2D eigenvalue weighted by Crippen LogP contribution is -2.49. The van der Waals surface area contributed by atoms with Crippen LogP contribution in [0, 0.1) is 0 Å². The van der Waals surface area contributed by atoms with Crippen LogP contribution in [0.1, 0.15) is 41.5 Å². The summed E-state index contributed by atoms with van der Waals surface area (Å²) in [5.74, 6) is 0. The Kier molecular flexibility index (Phi) is 12.9. The van der Waals surface area contributed by atoms with Crippen molar-refractivity contribution in [2.24, 2.45) is 0 Å². The Morgan fingerprint density at radius 3 is 1.15 bits per heavy atom. The van der Waals surface area contributed by atoms with E-state index in [2.05, 4.69) is 19.7 Å². The quantitative estimate of drug-likeness (QED) is 0.223. The van der Waals surface area contributed by atoms with Gasteiger partial charge in [-0.05, 0) is 41.5 Å². The number of hydrogen-bond donors (Lipinski definition) is 0. The highest BCUT2D eigenvalue weighted by molar-refractivity contribution is 5.98. The maximum atomic E-state index is 5.79. The molecule has 0 spiro atoms. The molecule has 0 saturated carbocycles. The minimum atomic E-state index is -1.83. The van der Waals surface area contributed by atoms with E-state index in [-0.39, 0.29) is 10.5 Å². The van der Waals surface area contributed by atoms with E-state index < -0.39 is 25.0 Å². The summed E-state index contributed by atoms with van der Waals surface area (Å²) in [6.07, 6.45) is -3.88. The van der Waals surface area contributed by atoms with E-state index in [1.165, 1.54) is 0 Å². The van der Waals surface area contributed by atoms with Gasteiger partial charge in [0.15, 0.2) is 29.4 Å². The van der Waals surface area contributed by atoms with E-state index in [0.29, 0.717) is 19.8 Å². The molecule has 0 N–H and O–H groups in total. The van der Waals surface area contributed by atoms with Gasteiger partial charge in [0.25, 0.3) is 0 Å². The molecule has 7 nitrogen and oxygen atoms in total. The lowest BCUT2D eigenvalue weighted by molar-refractivity contribution is -0.535. The fraction of sp³-hybridized carbons (Fsp3) is 0.684. The molecule has 0 aromatic rings. The lowest BCUT2D eigenvalue weighted by atomic mass is 10.4. The Labute approximate surface area is 166 Å². The fourth-order valence-electron chi connectivity index (χ4n) is 1.72. The van der Waals surface area contributed by atoms with E-state index in [4.69, 9.17) is 32.8 Å². The molecule has 3 unspecified atom stereocenters. The summed E-state index contributed by atoms with van der Waals surface area (Å²) in [6.45, 7) is 23.1. The van der Waals surface area contributed by atoms with Gasteiger partial charge >= 0.3 is 6.16 Å². The van der Waals surface area contributed by atoms with Crippen molar-refractivity contribution in [3.05, 3.63) is 36.5 Å². The average molecular weight is 405 g/mol. The molecule has 158 valence electrons. The smallest absolute Gasteiger partial charge is 0.357 e. The van der Waals surface area contributed by atoms with E-state index >= 15 is 0 Å². The van der Waals surface area contributed by atoms with Gasteiger partial charge in [-0.25, -0.2) is 0 Å². The highest BCUT2D eigenvalue weighted by atomic mass is 28.2. The maximum absolute atomic E-state index is 5.79. The molecule has 0 aliphatic heterocycles. The van der Waals surface area contributed by atoms with Gasteiger partial charge in [0.1, 0.15) is 0 Å². The summed E-state index contributed by atoms with van der Waals surface area (Å²) in [6, 6.07) is 0. The number of hydrogen-bond acceptors (Lipinski definition) is 7. The van der Waals surface area contributed by atoms with Crippen molar-refractivity contribution >= 4 is 10.5 Å². The summed E-state index contributed by atoms with van der Waals surface area (Å²) < 4.78 is 39.6. The number of ether oxygens (including phenoxy) is 6. The van der Waals surface area contributed by atoms with Crippen molar-refractivity contribution < 1.29 is 32.8 Å². The fourth-order valence-corrected chi connectivity index (χ4v) is 2.01. The minimum absolute atomic E-state index is 0.270. The van der Waals surface area contributed by atoms with Gasteiger partial charge in [-0.2, -0.15) is 0 Å². The lowest BCUT2D eigenvalue weighted by Gasteiger charge is -2.37. The van der Waals surface area contributed by atoms with Crippen LogP contribution >= 0.6 is 0 Å². The largest absolute Gasteiger partial charge is 0.408 e. The molecule has 0 rings (SSSR count). The van der Waals surface area contributed by atoms with Gasteiger partial charge in [0.2, 0.25) is 0 Å². The van der Waals surface area contributed by atoms with Gasteiger partial charge in [0.05, 0.1) is 19.8 Å². The molecule has 0 aromatic carbocycles. The monoisotopic (exact) mass is 404 g/mol. The normalized spacial score (nSPS) is 17.1. The van der Waals surface area contributed by atoms with Crippen molar-refractivity contribution in [2.75, 3.05) is 19.8 Å². The first-order chi connectivity index (χ1) is 12.5. The Hall–Kier alpha value is -0.843. The van der Waals surface area contributed by atoms with E-state index in [1.807, 2.05) is 20.8 Å². The SMILES string of the molecule is C=C(C)COC(C)OC(O[SiH3])(OC(C)OCC(=C)C)OC(C)OCC(=C)C. The van der Waals surface area contributed by atoms with Gasteiger partial charge in [0, 0.05) is 0 Å². The van der Waals surface area contributed by atoms with E-state index in [1.54, 1.807) is 20.8 Å². The van der Waals surface area contributed by atoms with Gasteiger partial charge in [-0.1, -0.05) is 36.5 Å². The first-order valence-electron chi connectivity index (χ1n) is 8.86. The molecule has 3 atom stereocenters. The summed E-state index contributed by atoms with van der Waals surface area (Å²) in [4.78, 5) is 0. The minimum Gasteiger partial charge on any atom is -0.357 e. The van der Waals surface area contributed by atoms with Crippen LogP contribution in [-0.4, -0.2) is 55.3 Å². The zero-order chi connectivity index (χ0) is 21.0. The third-order valence-corrected chi connectivity index (χ3v) is 3.37. The van der Waals surface area contributed by atoms with Crippen LogP contribution in [0.2, 0.25) is 0 Å². The van der Waals surface area contributed by atoms with Gasteiger partial charge < -0.3 is 18.6 Å². The van der Waals surface area contributed by atoms with Crippen LogP contribution in [0.15, 0.2) is 36.5 Å². The molecule has 0 bridgehead atoms. The highest BCUT2D eigenvalue weighted by Crippen LogP contribution is 2.24. The Balaban J connectivity index is 5.12. The van der Waals surface area contributed by atoms with Crippen LogP contribution < -0.4 is 0 Å². The molecular weight excluding hydrogens is 368 g/mol. The molecule has 0 radical (unpaired) electrons. The van der Waals surface area contributed by atoms with Crippen LogP contribution in [0.5, 0.6) is 0 Å². The van der Waals surface area contributed by atoms with Crippen molar-refractivity contribution in [3.8, 4) is 0 Å². The van der Waals surface area contributed by atoms with Crippen LogP contribution in [0.4, 0.5) is 0 Å². The molecular formula is C19H36O7Si. The van der Waals surface area contributed by atoms with Crippen molar-refractivity contribution in [1.82, 2.24) is 0 Å². The first-order valence-corrected chi connectivity index (χ1v) is 9.67. The summed E-state index contributed by atoms with van der Waals surface area (Å²) in [7, 11) is 0.270. The number of rotatable bonds is 16. The molecule has 0 aliphatic carbocycles. The summed E-state index contributed by atoms with van der Waals surface area (Å²) in [5.41, 5.74) is 2.59. The second-order valence-electron chi connectivity index (χ2n) is 6.56. The molecule has 0 saturated heterocycles. The van der Waals surface area contributed by atoms with Gasteiger partial charge in [-0.15, -0.1) is 0 Å². The first kappa shape index (κ1) is 26.2. The van der Waals surface area contributed by atoms with Crippen LogP contribution in [0.25, 0.3) is 0 Å². The zero-order valence-electron chi connectivity index (χ0n) is 17.8. The molecule has 0 amide bonds. The summed E-state index contributed by atoms with van der Waals surface area (Å²) >= 11 is 0. The second-order valence-corrected chi connectivity index (χ2v) is 6.97. The zero-order valence-corrected chi connectivity index (χ0v) is 19.8. The third kappa shape index (κ3) is 13.0. The molecule has 8 heteroatoms. The molecule has 0 heterocycles. The average Bonchev–Trinajstić information content (AvgIpc) is 2.56. The molecule has 0 aliphatic rings. The van der Waals surface area contributed by atoms with Crippen molar-refractivity contribution in [1.29, 1.82) is 0 Å². The maximum Gasteiger partial charge on any atom is 0.408 e. The topological polar surface area (TPSA) is 64.6 Å². The van der Waals surface area contributed by atoms with Crippen molar-refractivity contribution in [3.63, 3.8) is 0 Å². The highest BCUT2D eigenvalue weighted by Gasteiger charge is 2.40. The third-order valence-electron chi connectivity index (χ3n) is 2.87.